The molecule has 0 atom stereocenters. The van der Waals surface area contributed by atoms with Crippen molar-refractivity contribution in [1.82, 2.24) is 10.1 Å². The number of fused-ring (bicyclic) bond motifs is 1. The number of anilines is 1. The molecule has 0 saturated heterocycles. The van der Waals surface area contributed by atoms with Gasteiger partial charge in [-0.3, -0.25) is 0 Å². The molecule has 0 spiro atoms. The molecule has 2 N–H and O–H groups in total. The lowest BCUT2D eigenvalue weighted by atomic mass is 10.3. The molecule has 0 fully saturated rings. The van der Waals surface area contributed by atoms with Crippen LogP contribution >= 0.6 is 11.6 Å². The number of aromatic nitrogens is 3. The maximum Gasteiger partial charge on any atom is 0.290 e. The molecular weight excluding hydrogens is 232 g/mol. The lowest BCUT2D eigenvalue weighted by Crippen LogP contribution is -2.33. The van der Waals surface area contributed by atoms with Crippen LogP contribution in [-0.4, -0.2) is 28.3 Å². The zero-order valence-electron chi connectivity index (χ0n) is 8.22. The third-order valence-electron chi connectivity index (χ3n) is 1.95. The predicted octanol–water partition coefficient (Wildman–Crippen LogP) is 0.321. The minimum absolute atomic E-state index is 0.0547. The summed E-state index contributed by atoms with van der Waals surface area (Å²) in [6.45, 7) is 0.236. The standard InChI is InChI=1S/C9H9ClN4O2/c10-6-1-2-7-8(5-6)14(16)13-9(12-7)11-3-4-15/h1-2,5,15H,3-4H2,(H,11,12,13). The van der Waals surface area contributed by atoms with Gasteiger partial charge in [0.25, 0.3) is 11.5 Å². The molecule has 1 aromatic heterocycles. The van der Waals surface area contributed by atoms with Crippen LogP contribution in [0.5, 0.6) is 0 Å². The average molecular weight is 241 g/mol. The van der Waals surface area contributed by atoms with Gasteiger partial charge in [-0.2, -0.15) is 0 Å². The summed E-state index contributed by atoms with van der Waals surface area (Å²) in [4.78, 5) is 4.55. The van der Waals surface area contributed by atoms with Gasteiger partial charge in [-0.25, -0.2) is 4.98 Å². The molecule has 16 heavy (non-hydrogen) atoms. The summed E-state index contributed by atoms with van der Waals surface area (Å²) < 4.78 is 0. The molecule has 0 bridgehead atoms. The number of nitrogens with zero attached hydrogens (tertiary/aromatic N) is 3. The minimum atomic E-state index is -0.0547. The Morgan fingerprint density at radius 3 is 3.06 bits per heavy atom. The van der Waals surface area contributed by atoms with Crippen molar-refractivity contribution in [3.63, 3.8) is 0 Å². The zero-order chi connectivity index (χ0) is 11.5. The predicted molar refractivity (Wildman–Crippen MR) is 59.1 cm³/mol. The van der Waals surface area contributed by atoms with E-state index >= 15 is 0 Å². The summed E-state index contributed by atoms with van der Waals surface area (Å²) in [5.74, 6) is 0.180. The average Bonchev–Trinajstić information content (AvgIpc) is 2.27. The van der Waals surface area contributed by atoms with E-state index in [1.807, 2.05) is 0 Å². The number of halogens is 1. The van der Waals surface area contributed by atoms with Crippen molar-refractivity contribution in [3.8, 4) is 0 Å². The summed E-state index contributed by atoms with van der Waals surface area (Å²) >= 11 is 5.76. The summed E-state index contributed by atoms with van der Waals surface area (Å²) in [5, 5.41) is 27.0. The van der Waals surface area contributed by atoms with E-state index in [-0.39, 0.29) is 12.6 Å². The normalized spacial score (nSPS) is 10.6. The van der Waals surface area contributed by atoms with Crippen LogP contribution in [0, 0.1) is 5.21 Å². The second-order valence-corrected chi connectivity index (χ2v) is 3.53. The number of hydrogen-bond donors (Lipinski definition) is 2. The summed E-state index contributed by atoms with van der Waals surface area (Å²) in [6.07, 6.45) is 0. The molecule has 0 aliphatic rings. The topological polar surface area (TPSA) is 85.0 Å². The van der Waals surface area contributed by atoms with Gasteiger partial charge in [0.15, 0.2) is 0 Å². The molecule has 6 nitrogen and oxygen atoms in total. The second kappa shape index (κ2) is 4.46. The lowest BCUT2D eigenvalue weighted by molar-refractivity contribution is -0.641. The van der Waals surface area contributed by atoms with Crippen LogP contribution in [0.2, 0.25) is 5.02 Å². The first-order valence-corrected chi connectivity index (χ1v) is 5.00. The highest BCUT2D eigenvalue weighted by Gasteiger charge is 2.10. The Bertz CT molecular complexity index is 520. The van der Waals surface area contributed by atoms with E-state index in [0.29, 0.717) is 27.4 Å². The maximum atomic E-state index is 11.5. The number of nitrogens with one attached hydrogen (secondary N) is 1. The van der Waals surface area contributed by atoms with Gasteiger partial charge in [-0.15, -0.1) is 0 Å². The number of hydrogen-bond acceptors (Lipinski definition) is 5. The van der Waals surface area contributed by atoms with Gasteiger partial charge in [0.05, 0.1) is 11.7 Å². The van der Waals surface area contributed by atoms with Crippen molar-refractivity contribution >= 4 is 28.6 Å². The van der Waals surface area contributed by atoms with Gasteiger partial charge in [-0.1, -0.05) is 11.6 Å². The SMILES string of the molecule is [O-][n+]1nc(NCCO)nc2ccc(Cl)cc21. The zero-order valence-corrected chi connectivity index (χ0v) is 8.98. The first kappa shape index (κ1) is 10.8. The first-order chi connectivity index (χ1) is 7.70. The van der Waals surface area contributed by atoms with Crippen LogP contribution in [0.3, 0.4) is 0 Å². The molecule has 2 aromatic rings. The number of rotatable bonds is 3. The van der Waals surface area contributed by atoms with E-state index in [1.54, 1.807) is 12.1 Å². The van der Waals surface area contributed by atoms with E-state index in [9.17, 15) is 5.21 Å². The highest BCUT2D eigenvalue weighted by atomic mass is 35.5. The molecule has 1 heterocycles. The molecule has 84 valence electrons. The number of benzene rings is 1. The Morgan fingerprint density at radius 1 is 1.50 bits per heavy atom. The fourth-order valence-electron chi connectivity index (χ4n) is 1.26. The van der Waals surface area contributed by atoms with E-state index in [4.69, 9.17) is 16.7 Å². The van der Waals surface area contributed by atoms with Crippen LogP contribution in [0.4, 0.5) is 5.95 Å². The van der Waals surface area contributed by atoms with Crippen molar-refractivity contribution in [1.29, 1.82) is 0 Å². The Labute approximate surface area is 96.1 Å². The monoisotopic (exact) mass is 240 g/mol. The smallest absolute Gasteiger partial charge is 0.290 e. The van der Waals surface area contributed by atoms with E-state index in [0.717, 1.165) is 0 Å². The summed E-state index contributed by atoms with van der Waals surface area (Å²) in [6, 6.07) is 4.78. The van der Waals surface area contributed by atoms with Crippen molar-refractivity contribution < 1.29 is 9.95 Å². The molecule has 0 aliphatic carbocycles. The molecule has 0 saturated carbocycles. The number of aliphatic hydroxyl groups is 1. The van der Waals surface area contributed by atoms with Crippen LogP contribution in [0.25, 0.3) is 11.0 Å². The maximum absolute atomic E-state index is 11.5. The minimum Gasteiger partial charge on any atom is -0.594 e. The Balaban J connectivity index is 2.46. The summed E-state index contributed by atoms with van der Waals surface area (Å²) in [7, 11) is 0. The largest absolute Gasteiger partial charge is 0.594 e. The highest BCUT2D eigenvalue weighted by Crippen LogP contribution is 2.14. The molecule has 0 unspecified atom stereocenters. The molecule has 7 heteroatoms. The van der Waals surface area contributed by atoms with Gasteiger partial charge in [0.1, 0.15) is 5.52 Å². The molecule has 1 aromatic carbocycles. The lowest BCUT2D eigenvalue weighted by Gasteiger charge is -2.03. The summed E-state index contributed by atoms with van der Waals surface area (Å²) in [5.41, 5.74) is 0.803. The van der Waals surface area contributed by atoms with Crippen LogP contribution < -0.4 is 10.2 Å². The van der Waals surface area contributed by atoms with Gasteiger partial charge < -0.3 is 15.6 Å². The molecular formula is C9H9ClN4O2. The van der Waals surface area contributed by atoms with Gasteiger partial charge >= 0.3 is 0 Å². The molecule has 2 rings (SSSR count). The van der Waals surface area contributed by atoms with Gasteiger partial charge in [0.2, 0.25) is 0 Å². The molecule has 0 amide bonds. The third kappa shape index (κ3) is 2.12. The fourth-order valence-corrected chi connectivity index (χ4v) is 1.43. The third-order valence-corrected chi connectivity index (χ3v) is 2.19. The highest BCUT2D eigenvalue weighted by molar-refractivity contribution is 6.31. The molecule has 0 radical (unpaired) electrons. The molecule has 0 aliphatic heterocycles. The second-order valence-electron chi connectivity index (χ2n) is 3.09. The van der Waals surface area contributed by atoms with Gasteiger partial charge in [0, 0.05) is 17.6 Å². The Morgan fingerprint density at radius 2 is 2.31 bits per heavy atom. The van der Waals surface area contributed by atoms with Crippen molar-refractivity contribution in [2.45, 2.75) is 0 Å². The van der Waals surface area contributed by atoms with Crippen molar-refractivity contribution in [2.24, 2.45) is 0 Å². The quantitative estimate of drug-likeness (QED) is 0.596. The van der Waals surface area contributed by atoms with Crippen molar-refractivity contribution in [2.75, 3.05) is 18.5 Å². The van der Waals surface area contributed by atoms with Crippen LogP contribution in [0.15, 0.2) is 18.2 Å². The fraction of sp³-hybridized carbons (Fsp3) is 0.222. The number of aliphatic hydroxyl groups excluding tert-OH is 1. The Kier molecular flexibility index (Phi) is 3.02. The van der Waals surface area contributed by atoms with Crippen LogP contribution in [-0.2, 0) is 0 Å². The van der Waals surface area contributed by atoms with Crippen LogP contribution in [0.1, 0.15) is 0 Å². The van der Waals surface area contributed by atoms with Gasteiger partial charge in [-0.05, 0) is 17.0 Å². The first-order valence-electron chi connectivity index (χ1n) is 4.62. The van der Waals surface area contributed by atoms with E-state index in [2.05, 4.69) is 15.4 Å². The van der Waals surface area contributed by atoms with E-state index in [1.165, 1.54) is 6.07 Å². The van der Waals surface area contributed by atoms with Crippen molar-refractivity contribution in [3.05, 3.63) is 28.4 Å². The van der Waals surface area contributed by atoms with E-state index < -0.39 is 0 Å². The Hall–Kier alpha value is -1.66.